The van der Waals surface area contributed by atoms with Crippen LogP contribution < -0.4 is 5.32 Å². The third kappa shape index (κ3) is 3.74. The first-order valence-electron chi connectivity index (χ1n) is 6.81. The van der Waals surface area contributed by atoms with Crippen LogP contribution in [0.25, 0.3) is 0 Å². The summed E-state index contributed by atoms with van der Waals surface area (Å²) in [6, 6.07) is 5.21. The highest BCUT2D eigenvalue weighted by atomic mass is 35.5. The van der Waals surface area contributed by atoms with Gasteiger partial charge >= 0.3 is 5.97 Å². The Morgan fingerprint density at radius 1 is 1.38 bits per heavy atom. The van der Waals surface area contributed by atoms with Crippen molar-refractivity contribution in [1.82, 2.24) is 5.32 Å². The molecule has 0 saturated carbocycles. The van der Waals surface area contributed by atoms with Gasteiger partial charge in [-0.2, -0.15) is 0 Å². The van der Waals surface area contributed by atoms with Crippen molar-refractivity contribution in [3.8, 4) is 0 Å². The second-order valence-corrected chi connectivity index (χ2v) is 5.73. The average molecular weight is 312 g/mol. The van der Waals surface area contributed by atoms with Crippen LogP contribution >= 0.6 is 11.6 Å². The van der Waals surface area contributed by atoms with Gasteiger partial charge in [-0.3, -0.25) is 9.59 Å². The zero-order chi connectivity index (χ0) is 15.5. The highest BCUT2D eigenvalue weighted by Crippen LogP contribution is 2.27. The van der Waals surface area contributed by atoms with E-state index >= 15 is 0 Å². The van der Waals surface area contributed by atoms with E-state index < -0.39 is 11.5 Å². The zero-order valence-electron chi connectivity index (χ0n) is 11.8. The molecule has 0 unspecified atom stereocenters. The van der Waals surface area contributed by atoms with Gasteiger partial charge in [0.1, 0.15) is 0 Å². The molecule has 0 spiro atoms. The molecule has 0 bridgehead atoms. The SMILES string of the molecule is Cc1cccc(C(=O)NC2(CC(=O)O)CCOCC2)c1Cl. The summed E-state index contributed by atoms with van der Waals surface area (Å²) in [6.45, 7) is 2.70. The number of nitrogens with one attached hydrogen (secondary N) is 1. The van der Waals surface area contributed by atoms with Crippen molar-refractivity contribution in [3.63, 3.8) is 0 Å². The Hall–Kier alpha value is -1.59. The molecule has 0 aromatic heterocycles. The van der Waals surface area contributed by atoms with Gasteiger partial charge in [0.05, 0.1) is 22.5 Å². The molecule has 2 rings (SSSR count). The van der Waals surface area contributed by atoms with Crippen LogP contribution in [0.5, 0.6) is 0 Å². The minimum absolute atomic E-state index is 0.120. The summed E-state index contributed by atoms with van der Waals surface area (Å²) in [4.78, 5) is 23.5. The highest BCUT2D eigenvalue weighted by molar-refractivity contribution is 6.34. The third-order valence-corrected chi connectivity index (χ3v) is 4.26. The van der Waals surface area contributed by atoms with Crippen LogP contribution in [0.1, 0.15) is 35.2 Å². The molecule has 1 saturated heterocycles. The van der Waals surface area contributed by atoms with Crippen molar-refractivity contribution in [3.05, 3.63) is 34.3 Å². The van der Waals surface area contributed by atoms with Gasteiger partial charge in [0.2, 0.25) is 0 Å². The molecule has 0 atom stereocenters. The van der Waals surface area contributed by atoms with E-state index in [1.54, 1.807) is 12.1 Å². The van der Waals surface area contributed by atoms with E-state index in [9.17, 15) is 9.59 Å². The van der Waals surface area contributed by atoms with E-state index in [-0.39, 0.29) is 12.3 Å². The van der Waals surface area contributed by atoms with Gasteiger partial charge in [0.25, 0.3) is 5.91 Å². The van der Waals surface area contributed by atoms with Gasteiger partial charge in [-0.25, -0.2) is 0 Å². The number of ether oxygens (including phenoxy) is 1. The fourth-order valence-corrected chi connectivity index (χ4v) is 2.74. The molecule has 2 N–H and O–H groups in total. The van der Waals surface area contributed by atoms with Gasteiger partial charge in [0.15, 0.2) is 0 Å². The van der Waals surface area contributed by atoms with Crippen LogP contribution in [0.2, 0.25) is 5.02 Å². The molecule has 1 aliphatic rings. The molecule has 114 valence electrons. The standard InChI is InChI=1S/C15H18ClNO4/c1-10-3-2-4-11(13(10)16)14(20)17-15(9-12(18)19)5-7-21-8-6-15/h2-4H,5-9H2,1H3,(H,17,20)(H,18,19). The molecular weight excluding hydrogens is 294 g/mol. The lowest BCUT2D eigenvalue weighted by Gasteiger charge is -2.37. The van der Waals surface area contributed by atoms with Crippen LogP contribution in [-0.4, -0.2) is 35.7 Å². The van der Waals surface area contributed by atoms with Crippen molar-refractivity contribution < 1.29 is 19.4 Å². The number of aliphatic carboxylic acids is 1. The quantitative estimate of drug-likeness (QED) is 0.895. The lowest BCUT2D eigenvalue weighted by molar-refractivity contribution is -0.139. The number of halogens is 1. The second-order valence-electron chi connectivity index (χ2n) is 5.35. The Morgan fingerprint density at radius 2 is 2.05 bits per heavy atom. The fourth-order valence-electron chi connectivity index (χ4n) is 2.53. The van der Waals surface area contributed by atoms with Crippen LogP contribution in [0.4, 0.5) is 0 Å². The Morgan fingerprint density at radius 3 is 2.67 bits per heavy atom. The smallest absolute Gasteiger partial charge is 0.305 e. The fraction of sp³-hybridized carbons (Fsp3) is 0.467. The minimum Gasteiger partial charge on any atom is -0.481 e. The molecule has 5 nitrogen and oxygen atoms in total. The first-order chi connectivity index (χ1) is 9.93. The Balaban J connectivity index is 2.21. The summed E-state index contributed by atoms with van der Waals surface area (Å²) in [5.41, 5.74) is 0.408. The topological polar surface area (TPSA) is 75.6 Å². The number of carbonyl (C=O) groups is 2. The number of carboxylic acids is 1. The molecule has 6 heteroatoms. The molecule has 1 aromatic rings. The predicted octanol–water partition coefficient (Wildman–Crippen LogP) is 2.40. The molecular formula is C15H18ClNO4. The van der Waals surface area contributed by atoms with Crippen LogP contribution in [0.3, 0.4) is 0 Å². The van der Waals surface area contributed by atoms with E-state index in [4.69, 9.17) is 21.4 Å². The van der Waals surface area contributed by atoms with Crippen LogP contribution in [-0.2, 0) is 9.53 Å². The summed E-state index contributed by atoms with van der Waals surface area (Å²) in [6.07, 6.45) is 0.842. The van der Waals surface area contributed by atoms with Crippen molar-refractivity contribution in [2.24, 2.45) is 0 Å². The van der Waals surface area contributed by atoms with E-state index in [0.717, 1.165) is 5.56 Å². The second kappa shape index (κ2) is 6.45. The van der Waals surface area contributed by atoms with E-state index in [1.807, 2.05) is 13.0 Å². The maximum atomic E-state index is 12.4. The van der Waals surface area contributed by atoms with Gasteiger partial charge < -0.3 is 15.2 Å². The zero-order valence-corrected chi connectivity index (χ0v) is 12.6. The monoisotopic (exact) mass is 311 g/mol. The molecule has 0 aliphatic carbocycles. The maximum Gasteiger partial charge on any atom is 0.305 e. The van der Waals surface area contributed by atoms with Crippen LogP contribution in [0.15, 0.2) is 18.2 Å². The molecule has 21 heavy (non-hydrogen) atoms. The normalized spacial score (nSPS) is 17.2. The average Bonchev–Trinajstić information content (AvgIpc) is 2.41. The number of rotatable bonds is 4. The van der Waals surface area contributed by atoms with Gasteiger partial charge in [-0.05, 0) is 31.4 Å². The summed E-state index contributed by atoms with van der Waals surface area (Å²) in [5, 5.41) is 12.4. The molecule has 1 fully saturated rings. The first-order valence-corrected chi connectivity index (χ1v) is 7.18. The Labute approximate surface area is 128 Å². The van der Waals surface area contributed by atoms with Crippen LogP contribution in [0, 0.1) is 6.92 Å². The predicted molar refractivity (Wildman–Crippen MR) is 78.7 cm³/mol. The number of carboxylic acid groups (broad SMARTS) is 1. The number of amides is 1. The largest absolute Gasteiger partial charge is 0.481 e. The Bertz CT molecular complexity index is 553. The summed E-state index contributed by atoms with van der Waals surface area (Å²) >= 11 is 6.16. The lowest BCUT2D eigenvalue weighted by Crippen LogP contribution is -2.53. The third-order valence-electron chi connectivity index (χ3n) is 3.75. The van der Waals surface area contributed by atoms with Crippen molar-refractivity contribution >= 4 is 23.5 Å². The Kier molecular flexibility index (Phi) is 4.85. The van der Waals surface area contributed by atoms with Gasteiger partial charge in [-0.15, -0.1) is 0 Å². The number of hydrogen-bond acceptors (Lipinski definition) is 3. The summed E-state index contributed by atoms with van der Waals surface area (Å²) < 4.78 is 5.27. The van der Waals surface area contributed by atoms with Gasteiger partial charge in [0, 0.05) is 13.2 Å². The number of aryl methyl sites for hydroxylation is 1. The van der Waals surface area contributed by atoms with Crippen molar-refractivity contribution in [2.45, 2.75) is 31.7 Å². The number of carbonyl (C=O) groups excluding carboxylic acids is 1. The summed E-state index contributed by atoms with van der Waals surface area (Å²) in [7, 11) is 0. The molecule has 1 aromatic carbocycles. The molecule has 1 amide bonds. The molecule has 0 radical (unpaired) electrons. The van der Waals surface area contributed by atoms with E-state index in [1.165, 1.54) is 0 Å². The lowest BCUT2D eigenvalue weighted by atomic mass is 9.86. The molecule has 1 aliphatic heterocycles. The van der Waals surface area contributed by atoms with Crippen molar-refractivity contribution in [1.29, 1.82) is 0 Å². The summed E-state index contributed by atoms with van der Waals surface area (Å²) in [5.74, 6) is -1.28. The first kappa shape index (κ1) is 15.8. The van der Waals surface area contributed by atoms with Crippen molar-refractivity contribution in [2.75, 3.05) is 13.2 Å². The van der Waals surface area contributed by atoms with Gasteiger partial charge in [-0.1, -0.05) is 23.7 Å². The number of benzene rings is 1. The molecule has 1 heterocycles. The number of hydrogen-bond donors (Lipinski definition) is 2. The van der Waals surface area contributed by atoms with E-state index in [0.29, 0.717) is 36.6 Å². The van der Waals surface area contributed by atoms with E-state index in [2.05, 4.69) is 5.32 Å². The minimum atomic E-state index is -0.937. The maximum absolute atomic E-state index is 12.4. The highest BCUT2D eigenvalue weighted by Gasteiger charge is 2.37.